The van der Waals surface area contributed by atoms with Gasteiger partial charge in [-0.3, -0.25) is 4.90 Å². The second-order valence-electron chi connectivity index (χ2n) is 11.4. The number of esters is 1. The van der Waals surface area contributed by atoms with Crippen molar-refractivity contribution in [3.63, 3.8) is 0 Å². The molecule has 0 unspecified atom stereocenters. The summed E-state index contributed by atoms with van der Waals surface area (Å²) in [5, 5.41) is 0.862. The van der Waals surface area contributed by atoms with E-state index >= 15 is 0 Å². The molecule has 1 N–H and O–H groups in total. The highest BCUT2D eigenvalue weighted by Gasteiger charge is 2.68. The zero-order chi connectivity index (χ0) is 29.2. The van der Waals surface area contributed by atoms with Crippen molar-refractivity contribution in [1.82, 2.24) is 9.88 Å². The Morgan fingerprint density at radius 1 is 0.927 bits per heavy atom. The number of anilines is 1. The molecule has 0 aliphatic carbocycles. The van der Waals surface area contributed by atoms with Crippen LogP contribution in [0.1, 0.15) is 38.3 Å². The highest BCUT2D eigenvalue weighted by Crippen LogP contribution is 2.60. The molecular weight excluding hydrogens is 542 g/mol. The number of para-hydroxylation sites is 2. The molecule has 6 rings (SSSR count). The quantitative estimate of drug-likeness (QED) is 0.338. The number of amides is 1. The van der Waals surface area contributed by atoms with E-state index in [0.717, 1.165) is 16.5 Å². The van der Waals surface area contributed by atoms with E-state index in [1.54, 1.807) is 51.1 Å². The molecule has 9 nitrogen and oxygen atoms in total. The molecule has 0 spiro atoms. The molecule has 3 heterocycles. The number of benzene rings is 3. The first kappa shape index (κ1) is 26.9. The minimum atomic E-state index is -4.23. The molecule has 4 aromatic rings. The molecule has 0 saturated carbocycles. The molecule has 41 heavy (non-hydrogen) atoms. The third-order valence-corrected chi connectivity index (χ3v) is 9.63. The third kappa shape index (κ3) is 4.00. The van der Waals surface area contributed by atoms with Gasteiger partial charge in [0.05, 0.1) is 23.1 Å². The van der Waals surface area contributed by atoms with Crippen LogP contribution in [0.15, 0.2) is 90.0 Å². The second kappa shape index (κ2) is 9.37. The van der Waals surface area contributed by atoms with Crippen LogP contribution in [0.4, 0.5) is 10.5 Å². The zero-order valence-corrected chi connectivity index (χ0v) is 24.0. The predicted molar refractivity (Wildman–Crippen MR) is 154 cm³/mol. The zero-order valence-electron chi connectivity index (χ0n) is 23.2. The molecular formula is C31H31N3O6S. The van der Waals surface area contributed by atoms with E-state index in [2.05, 4.69) is 4.98 Å². The molecule has 0 bridgehead atoms. The van der Waals surface area contributed by atoms with Crippen LogP contribution in [-0.4, -0.2) is 55.3 Å². The Labute approximate surface area is 238 Å². The molecule has 1 amide bonds. The lowest BCUT2D eigenvalue weighted by Crippen LogP contribution is -2.57. The first-order valence-corrected chi connectivity index (χ1v) is 14.8. The number of sulfonamides is 1. The molecule has 1 fully saturated rings. The summed E-state index contributed by atoms with van der Waals surface area (Å²) in [6.45, 7) is 5.18. The molecule has 10 heteroatoms. The maximum Gasteiger partial charge on any atom is 0.412 e. The van der Waals surface area contributed by atoms with Crippen LogP contribution < -0.4 is 4.31 Å². The summed E-state index contributed by atoms with van der Waals surface area (Å²) in [5.74, 6) is -0.654. The Morgan fingerprint density at radius 2 is 1.59 bits per heavy atom. The summed E-state index contributed by atoms with van der Waals surface area (Å²) >= 11 is 0. The van der Waals surface area contributed by atoms with E-state index in [1.165, 1.54) is 28.4 Å². The van der Waals surface area contributed by atoms with Crippen molar-refractivity contribution in [2.24, 2.45) is 0 Å². The number of rotatable bonds is 4. The van der Waals surface area contributed by atoms with Gasteiger partial charge in [-0.1, -0.05) is 54.6 Å². The maximum atomic E-state index is 14.5. The van der Waals surface area contributed by atoms with Crippen molar-refractivity contribution in [2.45, 2.75) is 55.3 Å². The van der Waals surface area contributed by atoms with E-state index in [1.807, 2.05) is 42.6 Å². The molecule has 3 atom stereocenters. The number of likely N-dealkylation sites (tertiary alicyclic amines) is 1. The molecule has 1 saturated heterocycles. The molecule has 2 aliphatic heterocycles. The van der Waals surface area contributed by atoms with Crippen LogP contribution in [-0.2, 0) is 29.7 Å². The van der Waals surface area contributed by atoms with E-state index in [4.69, 9.17) is 9.47 Å². The monoisotopic (exact) mass is 573 g/mol. The van der Waals surface area contributed by atoms with Crippen LogP contribution in [0.5, 0.6) is 0 Å². The summed E-state index contributed by atoms with van der Waals surface area (Å²) < 4.78 is 41.4. The van der Waals surface area contributed by atoms with Crippen molar-refractivity contribution < 1.29 is 27.5 Å². The first-order chi connectivity index (χ1) is 19.5. The van der Waals surface area contributed by atoms with Gasteiger partial charge in [0.2, 0.25) is 0 Å². The van der Waals surface area contributed by atoms with Crippen LogP contribution >= 0.6 is 0 Å². The minimum Gasteiger partial charge on any atom is -0.467 e. The summed E-state index contributed by atoms with van der Waals surface area (Å²) in [4.78, 5) is 32.1. The summed E-state index contributed by atoms with van der Waals surface area (Å²) in [6, 6.07) is 21.9. The van der Waals surface area contributed by atoms with Gasteiger partial charge in [0.25, 0.3) is 10.0 Å². The number of fused-ring (bicyclic) bond motifs is 4. The number of carbonyl (C=O) groups excluding carboxylic acids is 2. The number of carbonyl (C=O) groups is 2. The van der Waals surface area contributed by atoms with E-state index in [-0.39, 0.29) is 11.3 Å². The summed E-state index contributed by atoms with van der Waals surface area (Å²) in [7, 11) is -2.97. The lowest BCUT2D eigenvalue weighted by Gasteiger charge is -2.38. The number of nitrogens with zero attached hydrogens (tertiary/aromatic N) is 2. The van der Waals surface area contributed by atoms with Crippen molar-refractivity contribution >= 4 is 38.7 Å². The van der Waals surface area contributed by atoms with Crippen LogP contribution in [0.2, 0.25) is 0 Å². The topological polar surface area (TPSA) is 109 Å². The van der Waals surface area contributed by atoms with Gasteiger partial charge in [-0.2, -0.15) is 0 Å². The average Bonchev–Trinajstić information content (AvgIpc) is 3.60. The summed E-state index contributed by atoms with van der Waals surface area (Å²) in [6.07, 6.45) is -0.0348. The Kier molecular flexibility index (Phi) is 6.15. The summed E-state index contributed by atoms with van der Waals surface area (Å²) in [5.41, 5.74) is 0.712. The number of H-pyrrole nitrogens is 1. The number of aromatic amines is 1. The van der Waals surface area contributed by atoms with Gasteiger partial charge < -0.3 is 14.5 Å². The second-order valence-corrected chi connectivity index (χ2v) is 13.2. The Morgan fingerprint density at radius 3 is 2.29 bits per heavy atom. The predicted octanol–water partition coefficient (Wildman–Crippen LogP) is 5.17. The van der Waals surface area contributed by atoms with Crippen LogP contribution in [0, 0.1) is 0 Å². The Hall–Kier alpha value is -4.31. The lowest BCUT2D eigenvalue weighted by atomic mass is 9.72. The van der Waals surface area contributed by atoms with Crippen molar-refractivity contribution in [3.8, 4) is 0 Å². The van der Waals surface area contributed by atoms with Gasteiger partial charge >= 0.3 is 12.1 Å². The lowest BCUT2D eigenvalue weighted by molar-refractivity contribution is -0.146. The van der Waals surface area contributed by atoms with E-state index in [9.17, 15) is 18.0 Å². The maximum absolute atomic E-state index is 14.5. The van der Waals surface area contributed by atoms with Gasteiger partial charge in [-0.05, 0) is 62.6 Å². The van der Waals surface area contributed by atoms with E-state index < -0.39 is 45.3 Å². The van der Waals surface area contributed by atoms with Crippen molar-refractivity contribution in [3.05, 3.63) is 96.2 Å². The number of nitrogens with one attached hydrogen (secondary N) is 1. The minimum absolute atomic E-state index is 0.0650. The first-order valence-electron chi connectivity index (χ1n) is 13.4. The molecule has 212 valence electrons. The highest BCUT2D eigenvalue weighted by molar-refractivity contribution is 7.92. The van der Waals surface area contributed by atoms with Gasteiger partial charge in [0.15, 0.2) is 0 Å². The number of hydrogen-bond acceptors (Lipinski definition) is 6. The molecule has 2 aliphatic rings. The fourth-order valence-electron chi connectivity index (χ4n) is 6.33. The number of hydrogen-bond donors (Lipinski definition) is 1. The molecule has 1 aromatic heterocycles. The van der Waals surface area contributed by atoms with Crippen molar-refractivity contribution in [2.75, 3.05) is 11.4 Å². The fraction of sp³-hybridized carbons (Fsp3) is 0.290. The smallest absolute Gasteiger partial charge is 0.412 e. The van der Waals surface area contributed by atoms with Gasteiger partial charge in [-0.15, -0.1) is 0 Å². The molecule has 3 aromatic carbocycles. The van der Waals surface area contributed by atoms with Gasteiger partial charge in [0.1, 0.15) is 17.8 Å². The SMILES string of the molecule is COC(=O)[C@@H]1C[C@]2(c3c[nH]c4ccccc34)c3ccccc3N(S(=O)(=O)c3ccccc3)[C@@H]2N1C(=O)OC(C)(C)C. The van der Waals surface area contributed by atoms with Gasteiger partial charge in [-0.25, -0.2) is 22.3 Å². The number of methoxy groups -OCH3 is 1. The standard InChI is InChI=1S/C31H31N3O6S/c1-30(2,3)40-29(36)33-26(27(35)39-4)18-31(23-19-32-24-16-10-8-14-21(23)24)22-15-9-11-17-25(22)34(28(31)33)41(37,38)20-12-6-5-7-13-20/h5-17,19,26,28,32H,18H2,1-4H3/t26-,28-,31+/m0/s1. The normalized spacial score (nSPS) is 22.0. The number of aromatic nitrogens is 1. The Bertz CT molecular complexity index is 1760. The van der Waals surface area contributed by atoms with E-state index in [0.29, 0.717) is 11.3 Å². The van der Waals surface area contributed by atoms with Crippen LogP contribution in [0.3, 0.4) is 0 Å². The fourth-order valence-corrected chi connectivity index (χ4v) is 8.02. The van der Waals surface area contributed by atoms with Gasteiger partial charge in [0, 0.05) is 17.1 Å². The van der Waals surface area contributed by atoms with Crippen LogP contribution in [0.25, 0.3) is 10.9 Å². The van der Waals surface area contributed by atoms with Crippen molar-refractivity contribution in [1.29, 1.82) is 0 Å². The average molecular weight is 574 g/mol. The third-order valence-electron chi connectivity index (χ3n) is 7.85. The Balaban J connectivity index is 1.70. The highest BCUT2D eigenvalue weighted by atomic mass is 32.2. The molecule has 0 radical (unpaired) electrons. The number of ether oxygens (including phenoxy) is 2. The largest absolute Gasteiger partial charge is 0.467 e.